The van der Waals surface area contributed by atoms with Gasteiger partial charge in [0.2, 0.25) is 15.9 Å². The SMILES string of the molecule is NS(=O)(=O)c1ccccc1-c1oc(COc2cccc(C(=O)O)c2)nc1-c1ccccc1. The number of ether oxygens (including phenoxy) is 1. The zero-order valence-corrected chi connectivity index (χ0v) is 17.5. The second-order valence-electron chi connectivity index (χ2n) is 6.81. The van der Waals surface area contributed by atoms with Crippen LogP contribution in [0.4, 0.5) is 0 Å². The van der Waals surface area contributed by atoms with Crippen molar-refractivity contribution in [1.82, 2.24) is 4.98 Å². The maximum Gasteiger partial charge on any atom is 0.335 e. The first-order chi connectivity index (χ1) is 15.3. The van der Waals surface area contributed by atoms with Gasteiger partial charge in [-0.25, -0.2) is 23.3 Å². The third kappa shape index (κ3) is 4.53. The highest BCUT2D eigenvalue weighted by atomic mass is 32.2. The maximum atomic E-state index is 12.1. The summed E-state index contributed by atoms with van der Waals surface area (Å²) >= 11 is 0. The van der Waals surface area contributed by atoms with Gasteiger partial charge < -0.3 is 14.3 Å². The summed E-state index contributed by atoms with van der Waals surface area (Å²) in [5.74, 6) is -0.321. The second-order valence-corrected chi connectivity index (χ2v) is 8.34. The van der Waals surface area contributed by atoms with Crippen LogP contribution in [0.1, 0.15) is 16.2 Å². The third-order valence-electron chi connectivity index (χ3n) is 4.60. The summed E-state index contributed by atoms with van der Waals surface area (Å²) in [6.07, 6.45) is 0. The molecule has 3 N–H and O–H groups in total. The minimum absolute atomic E-state index is 0.0858. The normalized spacial score (nSPS) is 11.3. The molecule has 162 valence electrons. The Morgan fingerprint density at radius 3 is 2.44 bits per heavy atom. The summed E-state index contributed by atoms with van der Waals surface area (Å²) in [6, 6.07) is 21.4. The van der Waals surface area contributed by atoms with Gasteiger partial charge in [0.25, 0.3) is 0 Å². The third-order valence-corrected chi connectivity index (χ3v) is 5.57. The molecule has 3 aromatic carbocycles. The second kappa shape index (κ2) is 8.66. The van der Waals surface area contributed by atoms with Gasteiger partial charge >= 0.3 is 5.97 Å². The van der Waals surface area contributed by atoms with Crippen LogP contribution in [0, 0.1) is 0 Å². The molecule has 0 unspecified atom stereocenters. The van der Waals surface area contributed by atoms with Gasteiger partial charge in [-0.3, -0.25) is 0 Å². The zero-order chi connectivity index (χ0) is 22.7. The smallest absolute Gasteiger partial charge is 0.335 e. The van der Waals surface area contributed by atoms with Crippen molar-refractivity contribution in [2.75, 3.05) is 0 Å². The summed E-state index contributed by atoms with van der Waals surface area (Å²) in [5.41, 5.74) is 1.51. The van der Waals surface area contributed by atoms with Gasteiger partial charge in [0.05, 0.1) is 10.5 Å². The Morgan fingerprint density at radius 1 is 1.00 bits per heavy atom. The molecule has 0 atom stereocenters. The van der Waals surface area contributed by atoms with Crippen LogP contribution in [-0.4, -0.2) is 24.5 Å². The lowest BCUT2D eigenvalue weighted by Gasteiger charge is -2.07. The van der Waals surface area contributed by atoms with E-state index in [0.29, 0.717) is 11.4 Å². The van der Waals surface area contributed by atoms with Crippen LogP contribution in [0.25, 0.3) is 22.6 Å². The van der Waals surface area contributed by atoms with Gasteiger partial charge in [0, 0.05) is 11.1 Å². The fourth-order valence-corrected chi connectivity index (χ4v) is 3.90. The number of sulfonamides is 1. The van der Waals surface area contributed by atoms with Crippen molar-refractivity contribution in [2.24, 2.45) is 5.14 Å². The molecule has 8 nitrogen and oxygen atoms in total. The molecule has 0 amide bonds. The number of nitrogens with zero attached hydrogens (tertiary/aromatic N) is 1. The quantitative estimate of drug-likeness (QED) is 0.436. The molecule has 0 radical (unpaired) electrons. The fraction of sp³-hybridized carbons (Fsp3) is 0.0435. The lowest BCUT2D eigenvalue weighted by molar-refractivity contribution is 0.0696. The van der Waals surface area contributed by atoms with Crippen LogP contribution >= 0.6 is 0 Å². The minimum Gasteiger partial charge on any atom is -0.484 e. The lowest BCUT2D eigenvalue weighted by atomic mass is 10.1. The number of rotatable bonds is 7. The molecule has 4 rings (SSSR count). The predicted octanol–water partition coefficient (Wildman–Crippen LogP) is 3.93. The summed E-state index contributed by atoms with van der Waals surface area (Å²) in [6.45, 7) is -0.0968. The molecular weight excluding hydrogens is 432 g/mol. The fourth-order valence-electron chi connectivity index (χ4n) is 3.17. The Labute approximate surface area is 184 Å². The Kier molecular flexibility index (Phi) is 5.76. The molecule has 1 aromatic heterocycles. The van der Waals surface area contributed by atoms with Crippen LogP contribution < -0.4 is 9.88 Å². The van der Waals surface area contributed by atoms with E-state index in [1.165, 1.54) is 18.2 Å². The van der Waals surface area contributed by atoms with Crippen molar-refractivity contribution in [3.05, 3.63) is 90.3 Å². The Hall–Kier alpha value is -3.95. The number of carboxylic acid groups (broad SMARTS) is 1. The number of aromatic carboxylic acids is 1. The molecule has 32 heavy (non-hydrogen) atoms. The van der Waals surface area contributed by atoms with Gasteiger partial charge in [0.15, 0.2) is 12.4 Å². The number of carboxylic acids is 1. The van der Waals surface area contributed by atoms with Crippen LogP contribution in [0.2, 0.25) is 0 Å². The van der Waals surface area contributed by atoms with Crippen molar-refractivity contribution < 1.29 is 27.5 Å². The molecule has 9 heteroatoms. The summed E-state index contributed by atoms with van der Waals surface area (Å²) in [4.78, 5) is 15.6. The van der Waals surface area contributed by atoms with E-state index in [1.807, 2.05) is 30.3 Å². The van der Waals surface area contributed by atoms with Crippen molar-refractivity contribution in [1.29, 1.82) is 0 Å². The molecule has 0 saturated heterocycles. The van der Waals surface area contributed by atoms with E-state index in [9.17, 15) is 13.2 Å². The molecule has 0 fully saturated rings. The summed E-state index contributed by atoms with van der Waals surface area (Å²) in [7, 11) is -4.01. The van der Waals surface area contributed by atoms with Crippen molar-refractivity contribution in [2.45, 2.75) is 11.5 Å². The summed E-state index contributed by atoms with van der Waals surface area (Å²) < 4.78 is 35.8. The van der Waals surface area contributed by atoms with Crippen LogP contribution in [0.15, 0.2) is 88.2 Å². The largest absolute Gasteiger partial charge is 0.484 e. The molecule has 0 aliphatic carbocycles. The van der Waals surface area contributed by atoms with Gasteiger partial charge in [0.1, 0.15) is 11.4 Å². The summed E-state index contributed by atoms with van der Waals surface area (Å²) in [5, 5.41) is 14.5. The lowest BCUT2D eigenvalue weighted by Crippen LogP contribution is -2.13. The maximum absolute atomic E-state index is 12.1. The van der Waals surface area contributed by atoms with Gasteiger partial charge in [-0.05, 0) is 30.3 Å². The van der Waals surface area contributed by atoms with E-state index in [0.717, 1.165) is 5.56 Å². The predicted molar refractivity (Wildman–Crippen MR) is 116 cm³/mol. The number of oxazole rings is 1. The van der Waals surface area contributed by atoms with E-state index < -0.39 is 16.0 Å². The van der Waals surface area contributed by atoms with Gasteiger partial charge in [-0.15, -0.1) is 0 Å². The number of carbonyl (C=O) groups is 1. The molecule has 0 aliphatic rings. The van der Waals surface area contributed by atoms with E-state index in [-0.39, 0.29) is 34.3 Å². The Morgan fingerprint density at radius 2 is 1.72 bits per heavy atom. The van der Waals surface area contributed by atoms with E-state index in [2.05, 4.69) is 4.98 Å². The van der Waals surface area contributed by atoms with Gasteiger partial charge in [-0.1, -0.05) is 48.5 Å². The van der Waals surface area contributed by atoms with E-state index in [4.69, 9.17) is 19.4 Å². The van der Waals surface area contributed by atoms with E-state index >= 15 is 0 Å². The number of benzene rings is 3. The van der Waals surface area contributed by atoms with E-state index in [1.54, 1.807) is 30.3 Å². The Bertz CT molecular complexity index is 1380. The van der Waals surface area contributed by atoms with Crippen molar-refractivity contribution >= 4 is 16.0 Å². The highest BCUT2D eigenvalue weighted by Crippen LogP contribution is 2.36. The average Bonchev–Trinajstić information content (AvgIpc) is 3.22. The highest BCUT2D eigenvalue weighted by molar-refractivity contribution is 7.89. The van der Waals surface area contributed by atoms with Crippen molar-refractivity contribution in [3.8, 4) is 28.3 Å². The number of aromatic nitrogens is 1. The molecule has 0 spiro atoms. The first kappa shape index (κ1) is 21.3. The highest BCUT2D eigenvalue weighted by Gasteiger charge is 2.23. The van der Waals surface area contributed by atoms with Crippen molar-refractivity contribution in [3.63, 3.8) is 0 Å². The number of hydrogen-bond acceptors (Lipinski definition) is 6. The number of nitrogens with two attached hydrogens (primary N) is 1. The first-order valence-electron chi connectivity index (χ1n) is 9.46. The molecule has 4 aromatic rings. The average molecular weight is 450 g/mol. The first-order valence-corrected chi connectivity index (χ1v) is 11.0. The molecule has 1 heterocycles. The van der Waals surface area contributed by atoms with Gasteiger partial charge in [-0.2, -0.15) is 0 Å². The number of hydrogen-bond donors (Lipinski definition) is 2. The van der Waals surface area contributed by atoms with Crippen LogP contribution in [-0.2, 0) is 16.6 Å². The topological polar surface area (TPSA) is 133 Å². The van der Waals surface area contributed by atoms with Crippen LogP contribution in [0.3, 0.4) is 0 Å². The zero-order valence-electron chi connectivity index (χ0n) is 16.6. The Balaban J connectivity index is 1.75. The molecule has 0 bridgehead atoms. The minimum atomic E-state index is -4.01. The standard InChI is InChI=1S/C23H18N2O6S/c24-32(28,29)19-12-5-4-11-18(19)22-21(15-7-2-1-3-8-15)25-20(31-22)14-30-17-10-6-9-16(13-17)23(26)27/h1-13H,14H2,(H,26,27)(H2,24,28,29). The van der Waals surface area contributed by atoms with Crippen LogP contribution in [0.5, 0.6) is 5.75 Å². The monoisotopic (exact) mass is 450 g/mol. The number of primary sulfonamides is 1. The molecule has 0 aliphatic heterocycles. The molecular formula is C23H18N2O6S. The molecule has 0 saturated carbocycles.